The number of benzene rings is 1. The lowest BCUT2D eigenvalue weighted by Gasteiger charge is -2.19. The largest absolute Gasteiger partial charge is 0.465 e. The first-order valence-electron chi connectivity index (χ1n) is 8.60. The number of esters is 1. The minimum Gasteiger partial charge on any atom is -0.465 e. The second-order valence-corrected chi connectivity index (χ2v) is 6.56. The number of hydrazine groups is 1. The Morgan fingerprint density at radius 3 is 2.81 bits per heavy atom. The second-order valence-electron chi connectivity index (χ2n) is 6.56. The van der Waals surface area contributed by atoms with Gasteiger partial charge in [0.05, 0.1) is 24.1 Å². The summed E-state index contributed by atoms with van der Waals surface area (Å²) in [4.78, 5) is 16.5. The maximum atomic E-state index is 11.8. The highest BCUT2D eigenvalue weighted by Gasteiger charge is 2.28. The van der Waals surface area contributed by atoms with E-state index >= 15 is 0 Å². The fraction of sp³-hybridized carbons (Fsp3) is 0.368. The van der Waals surface area contributed by atoms with Crippen LogP contribution in [0.1, 0.15) is 46.2 Å². The zero-order valence-corrected chi connectivity index (χ0v) is 15.6. The van der Waals surface area contributed by atoms with Gasteiger partial charge < -0.3 is 14.6 Å². The van der Waals surface area contributed by atoms with E-state index in [9.17, 15) is 4.79 Å². The molecule has 3 rings (SSSR count). The number of nitrogens with one attached hydrogen (secondary N) is 1. The summed E-state index contributed by atoms with van der Waals surface area (Å²) in [5, 5.41) is 4.66. The van der Waals surface area contributed by atoms with Crippen molar-refractivity contribution in [3.63, 3.8) is 0 Å². The molecule has 0 saturated heterocycles. The third kappa shape index (κ3) is 3.57. The monoisotopic (exact) mass is 355 g/mol. The van der Waals surface area contributed by atoms with Crippen molar-refractivity contribution in [2.75, 3.05) is 19.2 Å². The van der Waals surface area contributed by atoms with Crippen LogP contribution in [0, 0.1) is 6.92 Å². The zero-order chi connectivity index (χ0) is 18.8. The third-order valence-electron chi connectivity index (χ3n) is 4.58. The summed E-state index contributed by atoms with van der Waals surface area (Å²) in [6, 6.07) is 5.29. The molecule has 7 heteroatoms. The Labute approximate surface area is 153 Å². The maximum absolute atomic E-state index is 11.8. The van der Waals surface area contributed by atoms with Crippen LogP contribution in [-0.4, -0.2) is 29.7 Å². The van der Waals surface area contributed by atoms with E-state index in [2.05, 4.69) is 9.88 Å². The number of imidazole rings is 1. The number of aryl methyl sites for hydroxylation is 2. The zero-order valence-electron chi connectivity index (χ0n) is 15.6. The molecule has 7 nitrogen and oxygen atoms in total. The van der Waals surface area contributed by atoms with Gasteiger partial charge in [-0.1, -0.05) is 6.07 Å². The van der Waals surface area contributed by atoms with Crippen LogP contribution < -0.4 is 16.2 Å². The van der Waals surface area contributed by atoms with E-state index in [-0.39, 0.29) is 0 Å². The Balaban J connectivity index is 1.91. The van der Waals surface area contributed by atoms with Crippen molar-refractivity contribution in [2.45, 2.75) is 25.7 Å². The van der Waals surface area contributed by atoms with E-state index in [1.165, 1.54) is 25.0 Å². The minimum absolute atomic E-state index is 0.392. The van der Waals surface area contributed by atoms with Crippen molar-refractivity contribution in [1.82, 2.24) is 14.9 Å². The molecule has 0 atom stereocenters. The summed E-state index contributed by atoms with van der Waals surface area (Å²) >= 11 is 0. The second kappa shape index (κ2) is 7.21. The molecule has 1 fully saturated rings. The van der Waals surface area contributed by atoms with Crippen molar-refractivity contribution in [3.05, 3.63) is 53.2 Å². The summed E-state index contributed by atoms with van der Waals surface area (Å²) in [6.45, 7) is 1.94. The topological polar surface area (TPSA) is 85.4 Å². The van der Waals surface area contributed by atoms with Gasteiger partial charge >= 0.3 is 5.97 Å². The van der Waals surface area contributed by atoms with Crippen LogP contribution in [0.4, 0.5) is 5.69 Å². The van der Waals surface area contributed by atoms with E-state index in [1.807, 2.05) is 33.3 Å². The Bertz CT molecular complexity index is 852. The molecule has 0 unspecified atom stereocenters. The number of aromatic nitrogens is 2. The Hall–Kier alpha value is -2.80. The average molecular weight is 355 g/mol. The first kappa shape index (κ1) is 18.0. The lowest BCUT2D eigenvalue weighted by molar-refractivity contribution is 0.0601. The van der Waals surface area contributed by atoms with Gasteiger partial charge in [-0.3, -0.25) is 5.01 Å². The van der Waals surface area contributed by atoms with Gasteiger partial charge in [0.25, 0.3) is 0 Å². The Morgan fingerprint density at radius 1 is 1.46 bits per heavy atom. The van der Waals surface area contributed by atoms with Crippen LogP contribution in [0.2, 0.25) is 0 Å². The lowest BCUT2D eigenvalue weighted by atomic mass is 10.1. The molecule has 2 aromatic rings. The number of rotatable bonds is 6. The van der Waals surface area contributed by atoms with Gasteiger partial charge in [-0.25, -0.2) is 15.6 Å². The fourth-order valence-electron chi connectivity index (χ4n) is 2.93. The molecule has 3 N–H and O–H groups in total. The quantitative estimate of drug-likeness (QED) is 0.470. The standard InChI is InChI=1S/C19H25N5O2/c1-12-5-6-14(19(25)26-4)9-17(12)24(20)11-15(21-2)16-10-23(3)18(22-16)13-7-8-13/h5-6,9-11,13,21H,7-8,20H2,1-4H3/b15-11-. The highest BCUT2D eigenvalue weighted by molar-refractivity contribution is 5.91. The van der Waals surface area contributed by atoms with Crippen LogP contribution in [0.3, 0.4) is 0 Å². The van der Waals surface area contributed by atoms with E-state index < -0.39 is 5.97 Å². The van der Waals surface area contributed by atoms with Gasteiger partial charge in [-0.15, -0.1) is 0 Å². The third-order valence-corrected chi connectivity index (χ3v) is 4.58. The molecule has 1 heterocycles. The van der Waals surface area contributed by atoms with Crippen LogP contribution in [-0.2, 0) is 11.8 Å². The molecule has 0 amide bonds. The smallest absolute Gasteiger partial charge is 0.337 e. The van der Waals surface area contributed by atoms with Crippen molar-refractivity contribution >= 4 is 17.4 Å². The first-order valence-corrected chi connectivity index (χ1v) is 8.60. The van der Waals surface area contributed by atoms with Crippen molar-refractivity contribution in [3.8, 4) is 0 Å². The number of nitrogens with zero attached hydrogens (tertiary/aromatic N) is 3. The summed E-state index contributed by atoms with van der Waals surface area (Å²) in [5.41, 5.74) is 3.77. The SMILES string of the molecule is CN/C(=C\N(N)c1cc(C(=O)OC)ccc1C)c1cn(C)c(C2CC2)n1. The van der Waals surface area contributed by atoms with E-state index in [4.69, 9.17) is 15.6 Å². The number of hydrogen-bond acceptors (Lipinski definition) is 6. The van der Waals surface area contributed by atoms with E-state index in [1.54, 1.807) is 18.3 Å². The number of ether oxygens (including phenoxy) is 1. The van der Waals surface area contributed by atoms with E-state index in [0.29, 0.717) is 11.5 Å². The highest BCUT2D eigenvalue weighted by Crippen LogP contribution is 2.39. The maximum Gasteiger partial charge on any atom is 0.337 e. The summed E-state index contributed by atoms with van der Waals surface area (Å²) < 4.78 is 6.86. The lowest BCUT2D eigenvalue weighted by Crippen LogP contribution is -2.27. The molecule has 0 bridgehead atoms. The summed E-state index contributed by atoms with van der Waals surface area (Å²) in [5.74, 6) is 7.55. The molecule has 0 aliphatic heterocycles. The van der Waals surface area contributed by atoms with Gasteiger partial charge in [-0.2, -0.15) is 0 Å². The molecule has 1 aliphatic carbocycles. The number of carbonyl (C=O) groups is 1. The predicted octanol–water partition coefficient (Wildman–Crippen LogP) is 2.29. The molecular weight excluding hydrogens is 330 g/mol. The Kier molecular flexibility index (Phi) is 4.99. The Morgan fingerprint density at radius 2 is 2.19 bits per heavy atom. The highest BCUT2D eigenvalue weighted by atomic mass is 16.5. The number of nitrogens with two attached hydrogens (primary N) is 1. The van der Waals surface area contributed by atoms with Crippen molar-refractivity contribution in [1.29, 1.82) is 0 Å². The number of methoxy groups -OCH3 is 1. The van der Waals surface area contributed by atoms with Gasteiger partial charge in [0.1, 0.15) is 11.5 Å². The predicted molar refractivity (Wildman–Crippen MR) is 101 cm³/mol. The summed E-state index contributed by atoms with van der Waals surface area (Å²) in [7, 11) is 5.21. The molecule has 1 saturated carbocycles. The average Bonchev–Trinajstić information content (AvgIpc) is 3.41. The van der Waals surface area contributed by atoms with Crippen LogP contribution in [0.25, 0.3) is 5.70 Å². The van der Waals surface area contributed by atoms with Gasteiger partial charge in [0, 0.05) is 32.4 Å². The fourth-order valence-corrected chi connectivity index (χ4v) is 2.93. The molecule has 1 aliphatic rings. The van der Waals surface area contributed by atoms with Crippen LogP contribution in [0.5, 0.6) is 0 Å². The number of anilines is 1. The normalized spacial score (nSPS) is 14.3. The van der Waals surface area contributed by atoms with E-state index in [0.717, 1.165) is 28.5 Å². The minimum atomic E-state index is -0.392. The molecular formula is C19H25N5O2. The van der Waals surface area contributed by atoms with Crippen LogP contribution >= 0.6 is 0 Å². The number of hydrogen-bond donors (Lipinski definition) is 2. The van der Waals surface area contributed by atoms with Gasteiger partial charge in [0.2, 0.25) is 0 Å². The molecule has 1 aromatic carbocycles. The van der Waals surface area contributed by atoms with Gasteiger partial charge in [-0.05, 0) is 37.5 Å². The van der Waals surface area contributed by atoms with Crippen molar-refractivity contribution in [2.24, 2.45) is 12.9 Å². The number of carbonyl (C=O) groups excluding carboxylic acids is 1. The van der Waals surface area contributed by atoms with Crippen LogP contribution in [0.15, 0.2) is 30.6 Å². The molecule has 26 heavy (non-hydrogen) atoms. The molecule has 0 spiro atoms. The van der Waals surface area contributed by atoms with Gasteiger partial charge in [0.15, 0.2) is 0 Å². The first-order chi connectivity index (χ1) is 12.4. The molecule has 1 aromatic heterocycles. The summed E-state index contributed by atoms with van der Waals surface area (Å²) in [6.07, 6.45) is 6.18. The molecule has 138 valence electrons. The molecule has 0 radical (unpaired) electrons. The van der Waals surface area contributed by atoms with Crippen molar-refractivity contribution < 1.29 is 9.53 Å².